The maximum absolute atomic E-state index is 12.6. The number of piperazine rings is 1. The molecule has 0 radical (unpaired) electrons. The van der Waals surface area contributed by atoms with E-state index >= 15 is 0 Å². The Morgan fingerprint density at radius 1 is 1.00 bits per heavy atom. The molecular weight excluding hydrogens is 437 g/mol. The molecule has 9 heteroatoms. The van der Waals surface area contributed by atoms with Crippen LogP contribution in [0.5, 0.6) is 5.75 Å². The number of nitrogens with one attached hydrogen (secondary N) is 1. The molecule has 7 nitrogen and oxygen atoms in total. The molecule has 2 heterocycles. The first-order valence-corrected chi connectivity index (χ1v) is 10.5. The van der Waals surface area contributed by atoms with Gasteiger partial charge in [-0.3, -0.25) is 0 Å². The van der Waals surface area contributed by atoms with E-state index in [1.807, 2.05) is 36.4 Å². The highest BCUT2D eigenvalue weighted by Crippen LogP contribution is 2.29. The van der Waals surface area contributed by atoms with E-state index in [2.05, 4.69) is 20.4 Å². The van der Waals surface area contributed by atoms with E-state index in [4.69, 9.17) is 27.9 Å². The molecule has 4 rings (SSSR count). The minimum Gasteiger partial charge on any atom is -0.497 e. The van der Waals surface area contributed by atoms with Crippen LogP contribution in [0, 0.1) is 0 Å². The number of ether oxygens (including phenoxy) is 1. The second kappa shape index (κ2) is 9.41. The quantitative estimate of drug-likeness (QED) is 0.608. The molecule has 0 spiro atoms. The lowest BCUT2D eigenvalue weighted by Crippen LogP contribution is -2.50. The van der Waals surface area contributed by atoms with Crippen LogP contribution in [-0.2, 0) is 0 Å². The van der Waals surface area contributed by atoms with Gasteiger partial charge in [0.1, 0.15) is 5.75 Å². The van der Waals surface area contributed by atoms with Gasteiger partial charge in [-0.15, -0.1) is 10.2 Å². The normalized spacial score (nSPS) is 13.8. The summed E-state index contributed by atoms with van der Waals surface area (Å²) in [7, 11) is 1.60. The molecule has 1 aliphatic heterocycles. The number of anilines is 2. The van der Waals surface area contributed by atoms with E-state index < -0.39 is 0 Å². The van der Waals surface area contributed by atoms with Gasteiger partial charge in [0.25, 0.3) is 0 Å². The van der Waals surface area contributed by atoms with Crippen molar-refractivity contribution in [2.75, 3.05) is 43.5 Å². The Balaban J connectivity index is 1.35. The van der Waals surface area contributed by atoms with Gasteiger partial charge in [0, 0.05) is 48.5 Å². The number of benzene rings is 2. The number of urea groups is 1. The Morgan fingerprint density at radius 2 is 1.81 bits per heavy atom. The maximum atomic E-state index is 12.6. The molecule has 2 amide bonds. The van der Waals surface area contributed by atoms with E-state index in [0.29, 0.717) is 53.4 Å². The first-order chi connectivity index (χ1) is 15.0. The molecule has 1 fully saturated rings. The van der Waals surface area contributed by atoms with E-state index in [9.17, 15) is 4.79 Å². The summed E-state index contributed by atoms with van der Waals surface area (Å²) in [5.74, 6) is 1.46. The lowest BCUT2D eigenvalue weighted by molar-refractivity contribution is 0.208. The average Bonchev–Trinajstić information content (AvgIpc) is 2.79. The van der Waals surface area contributed by atoms with Crippen molar-refractivity contribution < 1.29 is 9.53 Å². The molecule has 0 aliphatic carbocycles. The van der Waals surface area contributed by atoms with Gasteiger partial charge < -0.3 is 19.9 Å². The van der Waals surface area contributed by atoms with Gasteiger partial charge in [0.15, 0.2) is 5.82 Å². The van der Waals surface area contributed by atoms with Gasteiger partial charge in [-0.2, -0.15) is 0 Å². The van der Waals surface area contributed by atoms with Gasteiger partial charge in [-0.25, -0.2) is 4.79 Å². The summed E-state index contributed by atoms with van der Waals surface area (Å²) in [4.78, 5) is 16.5. The number of aromatic nitrogens is 2. The van der Waals surface area contributed by atoms with Crippen LogP contribution in [-0.4, -0.2) is 54.4 Å². The monoisotopic (exact) mass is 457 g/mol. The molecule has 3 aromatic rings. The SMILES string of the molecule is COc1cccc(NC(=O)N2CCN(c3ccc(-c4ccc(Cl)cc4Cl)nn3)CC2)c1. The molecule has 1 saturated heterocycles. The average molecular weight is 458 g/mol. The van der Waals surface area contributed by atoms with E-state index in [1.165, 1.54) is 0 Å². The number of rotatable bonds is 4. The number of hydrogen-bond donors (Lipinski definition) is 1. The third-order valence-corrected chi connectivity index (χ3v) is 5.62. The number of amides is 2. The van der Waals surface area contributed by atoms with Crippen molar-refractivity contribution in [3.63, 3.8) is 0 Å². The zero-order chi connectivity index (χ0) is 21.8. The van der Waals surface area contributed by atoms with Crippen molar-refractivity contribution in [3.05, 3.63) is 64.6 Å². The lowest BCUT2D eigenvalue weighted by Gasteiger charge is -2.35. The second-order valence-electron chi connectivity index (χ2n) is 7.04. The number of hydrogen-bond acceptors (Lipinski definition) is 5. The van der Waals surface area contributed by atoms with Gasteiger partial charge in [0.05, 0.1) is 17.8 Å². The van der Waals surface area contributed by atoms with Crippen LogP contribution in [0.2, 0.25) is 10.0 Å². The molecule has 160 valence electrons. The van der Waals surface area contributed by atoms with E-state index in [1.54, 1.807) is 30.2 Å². The van der Waals surface area contributed by atoms with Crippen molar-refractivity contribution in [3.8, 4) is 17.0 Å². The van der Waals surface area contributed by atoms with E-state index in [-0.39, 0.29) is 6.03 Å². The lowest BCUT2D eigenvalue weighted by atomic mass is 10.1. The predicted octanol–water partition coefficient (Wildman–Crippen LogP) is 4.81. The summed E-state index contributed by atoms with van der Waals surface area (Å²) in [5.41, 5.74) is 2.17. The Labute approximate surface area is 190 Å². The molecule has 31 heavy (non-hydrogen) atoms. The van der Waals surface area contributed by atoms with Gasteiger partial charge >= 0.3 is 6.03 Å². The Bertz CT molecular complexity index is 1070. The number of carbonyl (C=O) groups excluding carboxylic acids is 1. The molecule has 2 aromatic carbocycles. The van der Waals surface area contributed by atoms with Crippen LogP contribution in [0.1, 0.15) is 0 Å². The molecule has 0 unspecified atom stereocenters. The van der Waals surface area contributed by atoms with Crippen LogP contribution in [0.4, 0.5) is 16.3 Å². The molecule has 1 N–H and O–H groups in total. The fraction of sp³-hybridized carbons (Fsp3) is 0.227. The largest absolute Gasteiger partial charge is 0.497 e. The molecular formula is C22H21Cl2N5O2. The first-order valence-electron chi connectivity index (χ1n) is 9.77. The zero-order valence-corrected chi connectivity index (χ0v) is 18.4. The maximum Gasteiger partial charge on any atom is 0.321 e. The molecule has 1 aromatic heterocycles. The zero-order valence-electron chi connectivity index (χ0n) is 16.9. The predicted molar refractivity (Wildman–Crippen MR) is 123 cm³/mol. The summed E-state index contributed by atoms with van der Waals surface area (Å²) in [6.07, 6.45) is 0. The minimum atomic E-state index is -0.133. The van der Waals surface area contributed by atoms with Crippen LogP contribution in [0.3, 0.4) is 0 Å². The van der Waals surface area contributed by atoms with Crippen molar-refractivity contribution >= 4 is 40.7 Å². The van der Waals surface area contributed by atoms with Crippen molar-refractivity contribution in [1.82, 2.24) is 15.1 Å². The Hall–Kier alpha value is -3.03. The van der Waals surface area contributed by atoms with Crippen LogP contribution >= 0.6 is 23.2 Å². The molecule has 0 atom stereocenters. The fourth-order valence-electron chi connectivity index (χ4n) is 3.38. The number of nitrogens with zero attached hydrogens (tertiary/aromatic N) is 4. The highest BCUT2D eigenvalue weighted by atomic mass is 35.5. The van der Waals surface area contributed by atoms with Crippen LogP contribution < -0.4 is 15.0 Å². The number of halogens is 2. The third kappa shape index (κ3) is 5.00. The summed E-state index contributed by atoms with van der Waals surface area (Å²) >= 11 is 12.2. The summed E-state index contributed by atoms with van der Waals surface area (Å²) in [6, 6.07) is 16.3. The van der Waals surface area contributed by atoms with Crippen LogP contribution in [0.15, 0.2) is 54.6 Å². The highest BCUT2D eigenvalue weighted by molar-refractivity contribution is 6.36. The summed E-state index contributed by atoms with van der Waals surface area (Å²) in [6.45, 7) is 2.51. The number of methoxy groups -OCH3 is 1. The third-order valence-electron chi connectivity index (χ3n) is 5.07. The summed E-state index contributed by atoms with van der Waals surface area (Å²) in [5, 5.41) is 12.7. The molecule has 1 aliphatic rings. The fourth-order valence-corrected chi connectivity index (χ4v) is 3.88. The molecule has 0 saturated carbocycles. The van der Waals surface area contributed by atoms with Crippen molar-refractivity contribution in [2.45, 2.75) is 0 Å². The number of carbonyl (C=O) groups is 1. The highest BCUT2D eigenvalue weighted by Gasteiger charge is 2.22. The van der Waals surface area contributed by atoms with Crippen molar-refractivity contribution in [2.24, 2.45) is 0 Å². The van der Waals surface area contributed by atoms with Crippen molar-refractivity contribution in [1.29, 1.82) is 0 Å². The van der Waals surface area contributed by atoms with Crippen LogP contribution in [0.25, 0.3) is 11.3 Å². The van der Waals surface area contributed by atoms with Gasteiger partial charge in [-0.1, -0.05) is 29.3 Å². The Morgan fingerprint density at radius 3 is 2.48 bits per heavy atom. The smallest absolute Gasteiger partial charge is 0.321 e. The topological polar surface area (TPSA) is 70.6 Å². The minimum absolute atomic E-state index is 0.133. The standard InChI is InChI=1S/C22H21Cl2N5O2/c1-31-17-4-2-3-16(14-17)25-22(30)29-11-9-28(10-12-29)21-8-7-20(26-27-21)18-6-5-15(23)13-19(18)24/h2-8,13-14H,9-12H2,1H3,(H,25,30). The van der Waals surface area contributed by atoms with Gasteiger partial charge in [-0.05, 0) is 42.5 Å². The summed E-state index contributed by atoms with van der Waals surface area (Å²) < 4.78 is 5.20. The van der Waals surface area contributed by atoms with E-state index in [0.717, 1.165) is 11.4 Å². The second-order valence-corrected chi connectivity index (χ2v) is 7.88. The first kappa shape index (κ1) is 21.2. The Kier molecular flexibility index (Phi) is 6.44. The van der Waals surface area contributed by atoms with Gasteiger partial charge in [0.2, 0.25) is 0 Å². The molecule has 0 bridgehead atoms.